The van der Waals surface area contributed by atoms with Gasteiger partial charge in [-0.1, -0.05) is 0 Å². The molecule has 0 spiro atoms. The van der Waals surface area contributed by atoms with Crippen LogP contribution in [0.3, 0.4) is 0 Å². The van der Waals surface area contributed by atoms with Crippen LogP contribution in [0.25, 0.3) is 0 Å². The summed E-state index contributed by atoms with van der Waals surface area (Å²) in [7, 11) is 0. The highest BCUT2D eigenvalue weighted by atomic mass is 16.8. The molecule has 3 fully saturated rings. The molecule has 0 saturated carbocycles. The van der Waals surface area contributed by atoms with Crippen molar-refractivity contribution in [1.29, 1.82) is 0 Å². The van der Waals surface area contributed by atoms with Crippen LogP contribution in [-0.4, -0.2) is 156 Å². The maximum absolute atomic E-state index is 10.6. The second kappa shape index (κ2) is 11.0. The maximum Gasteiger partial charge on any atom is 0.189 e. The van der Waals surface area contributed by atoms with Gasteiger partial charge in [0.2, 0.25) is 0 Å². The van der Waals surface area contributed by atoms with E-state index in [0.29, 0.717) is 0 Å². The van der Waals surface area contributed by atoms with Crippen molar-refractivity contribution in [3.05, 3.63) is 0 Å². The highest BCUT2D eigenvalue weighted by Gasteiger charge is 2.52. The smallest absolute Gasteiger partial charge is 0.189 e. The Balaban J connectivity index is 1.69. The van der Waals surface area contributed by atoms with Crippen molar-refractivity contribution in [2.24, 2.45) is 0 Å². The summed E-state index contributed by atoms with van der Waals surface area (Å²) in [6.07, 6.45) is -23.7. The summed E-state index contributed by atoms with van der Waals surface area (Å²) in [6.45, 7) is -0.0965. The lowest BCUT2D eigenvalue weighted by Gasteiger charge is -2.47. The first-order valence-corrected chi connectivity index (χ1v) is 10.4. The van der Waals surface area contributed by atoms with E-state index in [9.17, 15) is 51.1 Å². The molecule has 0 aromatic rings. The van der Waals surface area contributed by atoms with Crippen LogP contribution in [0.4, 0.5) is 0 Å². The summed E-state index contributed by atoms with van der Waals surface area (Å²) >= 11 is 0. The molecule has 0 aromatic heterocycles. The number of rotatable bonds is 6. The van der Waals surface area contributed by atoms with E-state index < -0.39 is 105 Å². The Bertz CT molecular complexity index is 622. The normalized spacial score (nSPS) is 53.7. The molecule has 3 rings (SSSR count). The predicted molar refractivity (Wildman–Crippen MR) is 99.8 cm³/mol. The van der Waals surface area contributed by atoms with Gasteiger partial charge in [-0.05, 0) is 6.92 Å². The molecule has 15 atom stereocenters. The molecule has 15 nitrogen and oxygen atoms in total. The van der Waals surface area contributed by atoms with Crippen molar-refractivity contribution in [2.75, 3.05) is 13.2 Å². The fourth-order valence-electron chi connectivity index (χ4n) is 3.93. The van der Waals surface area contributed by atoms with Gasteiger partial charge in [-0.25, -0.2) is 0 Å². The molecule has 15 heteroatoms. The van der Waals surface area contributed by atoms with E-state index in [1.807, 2.05) is 0 Å². The third-order valence-corrected chi connectivity index (χ3v) is 6.04. The van der Waals surface area contributed by atoms with Crippen LogP contribution in [0.15, 0.2) is 0 Å². The average Bonchev–Trinajstić information content (AvgIpc) is 2.80. The predicted octanol–water partition coefficient (Wildman–Crippen LogP) is -6.55. The van der Waals surface area contributed by atoms with Crippen molar-refractivity contribution >= 4 is 0 Å². The van der Waals surface area contributed by atoms with Gasteiger partial charge in [-0.2, -0.15) is 0 Å². The molecule has 0 radical (unpaired) electrons. The minimum absolute atomic E-state index is 0.723. The molecule has 0 amide bonds. The molecule has 33 heavy (non-hydrogen) atoms. The van der Waals surface area contributed by atoms with Crippen LogP contribution in [0.1, 0.15) is 6.92 Å². The van der Waals surface area contributed by atoms with Crippen molar-refractivity contribution in [3.63, 3.8) is 0 Å². The van der Waals surface area contributed by atoms with Crippen LogP contribution in [0.5, 0.6) is 0 Å². The van der Waals surface area contributed by atoms with Crippen molar-refractivity contribution in [3.8, 4) is 0 Å². The van der Waals surface area contributed by atoms with Gasteiger partial charge in [0.1, 0.15) is 67.1 Å². The zero-order valence-corrected chi connectivity index (χ0v) is 17.6. The Morgan fingerprint density at radius 2 is 0.970 bits per heavy atom. The highest BCUT2D eigenvalue weighted by Crippen LogP contribution is 2.31. The van der Waals surface area contributed by atoms with E-state index in [1.165, 1.54) is 6.92 Å². The van der Waals surface area contributed by atoms with Gasteiger partial charge in [-0.15, -0.1) is 0 Å². The van der Waals surface area contributed by atoms with Crippen LogP contribution >= 0.6 is 0 Å². The lowest BCUT2D eigenvalue weighted by molar-refractivity contribution is -0.390. The van der Waals surface area contributed by atoms with Crippen LogP contribution in [0.2, 0.25) is 0 Å². The molecule has 3 saturated heterocycles. The first-order valence-electron chi connectivity index (χ1n) is 10.4. The first-order chi connectivity index (χ1) is 15.5. The molecule has 0 aromatic carbocycles. The van der Waals surface area contributed by atoms with E-state index in [4.69, 9.17) is 23.7 Å². The van der Waals surface area contributed by atoms with Crippen LogP contribution in [-0.2, 0) is 23.7 Å². The Morgan fingerprint density at radius 3 is 1.55 bits per heavy atom. The Labute approximate surface area is 187 Å². The summed E-state index contributed by atoms with van der Waals surface area (Å²) in [4.78, 5) is 0. The summed E-state index contributed by atoms with van der Waals surface area (Å²) in [5.41, 5.74) is 0. The third-order valence-electron chi connectivity index (χ3n) is 6.04. The van der Waals surface area contributed by atoms with E-state index >= 15 is 0 Å². The van der Waals surface area contributed by atoms with Gasteiger partial charge >= 0.3 is 0 Å². The maximum atomic E-state index is 10.6. The molecule has 0 unspecified atom stereocenters. The van der Waals surface area contributed by atoms with Crippen molar-refractivity contribution < 1.29 is 74.7 Å². The van der Waals surface area contributed by atoms with Crippen molar-refractivity contribution in [2.45, 2.75) is 99.0 Å². The fraction of sp³-hybridized carbons (Fsp3) is 1.00. The molecular weight excluding hydrogens is 456 g/mol. The second-order valence-electron chi connectivity index (χ2n) is 8.32. The zero-order chi connectivity index (χ0) is 24.6. The highest BCUT2D eigenvalue weighted by molar-refractivity contribution is 4.95. The van der Waals surface area contributed by atoms with E-state index in [2.05, 4.69) is 0 Å². The average molecular weight is 488 g/mol. The lowest BCUT2D eigenvalue weighted by atomic mass is 9.96. The lowest BCUT2D eigenvalue weighted by Crippen LogP contribution is -2.66. The molecule has 3 heterocycles. The Morgan fingerprint density at radius 1 is 0.515 bits per heavy atom. The van der Waals surface area contributed by atoms with Gasteiger partial charge in [-0.3, -0.25) is 0 Å². The molecule has 194 valence electrons. The zero-order valence-electron chi connectivity index (χ0n) is 17.6. The van der Waals surface area contributed by atoms with Gasteiger partial charge in [0.25, 0.3) is 0 Å². The number of hydrogen-bond donors (Lipinski definition) is 10. The van der Waals surface area contributed by atoms with Crippen LogP contribution < -0.4 is 0 Å². The van der Waals surface area contributed by atoms with E-state index in [-0.39, 0.29) is 0 Å². The number of ether oxygens (including phenoxy) is 5. The van der Waals surface area contributed by atoms with Gasteiger partial charge in [0.05, 0.1) is 19.3 Å². The third kappa shape index (κ3) is 5.32. The van der Waals surface area contributed by atoms with Crippen molar-refractivity contribution in [1.82, 2.24) is 0 Å². The summed E-state index contributed by atoms with van der Waals surface area (Å²) in [5.74, 6) is 0. The van der Waals surface area contributed by atoms with Crippen LogP contribution in [0, 0.1) is 0 Å². The second-order valence-corrected chi connectivity index (χ2v) is 8.32. The SMILES string of the molecule is C[C@@H]1O[C@@H](O[C@@H]2O[C@H](CO)[C@@H](O[C@@H]3O[C@H](CO)[C@H](O)[C@H](O)[C@H]3O)[C@H](O)[C@H]2O)[C@@H](O)[C@H](O)[C@@H]1O. The quantitative estimate of drug-likeness (QED) is 0.167. The van der Waals surface area contributed by atoms with Gasteiger partial charge < -0.3 is 74.7 Å². The largest absolute Gasteiger partial charge is 0.394 e. The molecule has 0 bridgehead atoms. The molecule has 0 aliphatic carbocycles. The molecular formula is C18H32O15. The molecule has 3 aliphatic rings. The summed E-state index contributed by atoms with van der Waals surface area (Å²) in [5, 5.41) is 99.6. The van der Waals surface area contributed by atoms with Gasteiger partial charge in [0.15, 0.2) is 18.9 Å². The standard InChI is InChI=1S/C18H32O15/c1-4-7(21)9(23)12(26)16(29-4)33-18-14(28)11(25)15(6(3-20)31-18)32-17-13(27)10(24)8(22)5(2-19)30-17/h4-28H,2-3H2,1H3/t4-,5+,6+,7+,8-,9+,10-,11+,12-,13+,14+,15+,16-,17-,18-/m0/s1. The number of aliphatic hydroxyl groups excluding tert-OH is 10. The number of hydrogen-bond acceptors (Lipinski definition) is 15. The number of aliphatic hydroxyl groups is 10. The van der Waals surface area contributed by atoms with Gasteiger partial charge in [0, 0.05) is 0 Å². The fourth-order valence-corrected chi connectivity index (χ4v) is 3.93. The molecule has 3 aliphatic heterocycles. The molecule has 10 N–H and O–H groups in total. The topological polar surface area (TPSA) is 248 Å². The summed E-state index contributed by atoms with van der Waals surface area (Å²) < 4.78 is 26.7. The first kappa shape index (κ1) is 27.0. The monoisotopic (exact) mass is 488 g/mol. The Kier molecular flexibility index (Phi) is 8.99. The summed E-state index contributed by atoms with van der Waals surface area (Å²) in [6, 6.07) is 0. The minimum Gasteiger partial charge on any atom is -0.394 e. The Hall–Kier alpha value is -0.600. The minimum atomic E-state index is -1.85. The van der Waals surface area contributed by atoms with E-state index in [1.54, 1.807) is 0 Å². The van der Waals surface area contributed by atoms with E-state index in [0.717, 1.165) is 0 Å².